The number of carbonyl (C=O) groups is 2. The lowest BCUT2D eigenvalue weighted by Gasteiger charge is -2.28. The van der Waals surface area contributed by atoms with Crippen LogP contribution in [0.15, 0.2) is 48.3 Å². The number of ketones is 1. The number of likely N-dealkylation sites (tertiary alicyclic amines) is 1. The molecule has 1 aliphatic heterocycles. The average molecular weight is 425 g/mol. The summed E-state index contributed by atoms with van der Waals surface area (Å²) in [5.74, 6) is -1.51. The number of phenolic OH excluding ortho intramolecular Hbond substituents is 1. The number of aromatic hydroxyl groups is 1. The quantitative estimate of drug-likeness (QED) is 0.381. The van der Waals surface area contributed by atoms with Crippen molar-refractivity contribution in [1.82, 2.24) is 14.8 Å². The molecule has 1 atom stereocenters. The second-order valence-electron chi connectivity index (χ2n) is 7.19. The van der Waals surface area contributed by atoms with Crippen LogP contribution < -0.4 is 4.74 Å². The van der Waals surface area contributed by atoms with Crippen LogP contribution in [-0.2, 0) is 9.59 Å². The Balaban J connectivity index is 2.13. The molecule has 2 N–H and O–H groups in total. The first-order valence-electron chi connectivity index (χ1n) is 10.2. The van der Waals surface area contributed by atoms with Gasteiger partial charge in [-0.25, -0.2) is 0 Å². The fourth-order valence-electron chi connectivity index (χ4n) is 3.78. The van der Waals surface area contributed by atoms with Crippen LogP contribution in [0.1, 0.15) is 31.0 Å². The molecule has 0 saturated carbocycles. The first-order valence-corrected chi connectivity index (χ1v) is 10.2. The minimum atomic E-state index is -0.807. The first-order chi connectivity index (χ1) is 14.9. The highest BCUT2D eigenvalue weighted by molar-refractivity contribution is 6.46. The minimum Gasteiger partial charge on any atom is -0.507 e. The maximum absolute atomic E-state index is 13.0. The number of nitrogens with zero attached hydrogens (tertiary/aromatic N) is 3. The summed E-state index contributed by atoms with van der Waals surface area (Å²) in [7, 11) is 1.42. The Bertz CT molecular complexity index is 986. The molecule has 31 heavy (non-hydrogen) atoms. The van der Waals surface area contributed by atoms with E-state index in [2.05, 4.69) is 9.88 Å². The monoisotopic (exact) mass is 425 g/mol. The Labute approximate surface area is 181 Å². The number of pyridine rings is 1. The van der Waals surface area contributed by atoms with Crippen LogP contribution in [-0.4, -0.2) is 70.0 Å². The predicted octanol–water partition coefficient (Wildman–Crippen LogP) is 2.56. The maximum atomic E-state index is 13.0. The summed E-state index contributed by atoms with van der Waals surface area (Å²) in [5, 5.41) is 21.0. The number of phenols is 1. The van der Waals surface area contributed by atoms with Crippen molar-refractivity contribution in [2.75, 3.05) is 33.3 Å². The Hall–Kier alpha value is -3.39. The molecule has 164 valence electrons. The van der Waals surface area contributed by atoms with Gasteiger partial charge in [0, 0.05) is 31.0 Å². The predicted molar refractivity (Wildman–Crippen MR) is 116 cm³/mol. The van der Waals surface area contributed by atoms with Gasteiger partial charge < -0.3 is 24.7 Å². The van der Waals surface area contributed by atoms with E-state index in [0.717, 1.165) is 13.1 Å². The number of benzene rings is 1. The Morgan fingerprint density at radius 2 is 1.84 bits per heavy atom. The lowest BCUT2D eigenvalue weighted by atomic mass is 9.95. The largest absolute Gasteiger partial charge is 0.507 e. The third-order valence-corrected chi connectivity index (χ3v) is 5.56. The number of carbonyl (C=O) groups excluding carboxylic acids is 2. The molecule has 1 unspecified atom stereocenters. The van der Waals surface area contributed by atoms with E-state index in [4.69, 9.17) is 4.74 Å². The van der Waals surface area contributed by atoms with Gasteiger partial charge in [0.2, 0.25) is 0 Å². The van der Waals surface area contributed by atoms with Crippen molar-refractivity contribution in [3.05, 3.63) is 59.4 Å². The second-order valence-corrected chi connectivity index (χ2v) is 7.19. The highest BCUT2D eigenvalue weighted by Gasteiger charge is 2.46. The van der Waals surface area contributed by atoms with Crippen molar-refractivity contribution < 1.29 is 24.5 Å². The van der Waals surface area contributed by atoms with Crippen LogP contribution in [0.25, 0.3) is 5.76 Å². The zero-order chi connectivity index (χ0) is 22.5. The molecule has 1 saturated heterocycles. The van der Waals surface area contributed by atoms with Gasteiger partial charge in [-0.1, -0.05) is 19.9 Å². The summed E-state index contributed by atoms with van der Waals surface area (Å²) in [5.41, 5.74) is 0.958. The van der Waals surface area contributed by atoms with Crippen LogP contribution in [0, 0.1) is 0 Å². The van der Waals surface area contributed by atoms with Gasteiger partial charge in [0.25, 0.3) is 11.7 Å². The summed E-state index contributed by atoms with van der Waals surface area (Å²) in [4.78, 5) is 33.5. The third kappa shape index (κ3) is 4.39. The van der Waals surface area contributed by atoms with E-state index in [9.17, 15) is 19.8 Å². The highest BCUT2D eigenvalue weighted by Crippen LogP contribution is 2.41. The first kappa shape index (κ1) is 22.3. The SMILES string of the molecule is CCN(CC)CCN1C(=O)C(=O)C(=C(O)c2ccncc2)C1c1ccc(O)c(OC)c1. The van der Waals surface area contributed by atoms with Crippen molar-refractivity contribution in [3.8, 4) is 11.5 Å². The molecule has 8 heteroatoms. The molecule has 2 aromatic rings. The van der Waals surface area contributed by atoms with Crippen molar-refractivity contribution in [2.45, 2.75) is 19.9 Å². The van der Waals surface area contributed by atoms with E-state index < -0.39 is 17.7 Å². The number of Topliss-reactive ketones (excluding diaryl/α,β-unsaturated/α-hetero) is 1. The van der Waals surface area contributed by atoms with Gasteiger partial charge in [0.1, 0.15) is 5.76 Å². The van der Waals surface area contributed by atoms with Crippen LogP contribution in [0.3, 0.4) is 0 Å². The van der Waals surface area contributed by atoms with Crippen molar-refractivity contribution in [2.24, 2.45) is 0 Å². The number of hydrogen-bond acceptors (Lipinski definition) is 7. The Morgan fingerprint density at radius 1 is 1.16 bits per heavy atom. The Morgan fingerprint density at radius 3 is 2.45 bits per heavy atom. The molecule has 1 aromatic carbocycles. The number of aromatic nitrogens is 1. The number of likely N-dealkylation sites (N-methyl/N-ethyl adjacent to an activating group) is 1. The van der Waals surface area contributed by atoms with E-state index in [1.54, 1.807) is 24.3 Å². The number of hydrogen-bond donors (Lipinski definition) is 2. The molecule has 8 nitrogen and oxygen atoms in total. The molecule has 3 rings (SSSR count). The van der Waals surface area contributed by atoms with Crippen molar-refractivity contribution in [1.29, 1.82) is 0 Å². The van der Waals surface area contributed by atoms with E-state index >= 15 is 0 Å². The highest BCUT2D eigenvalue weighted by atomic mass is 16.5. The van der Waals surface area contributed by atoms with E-state index in [0.29, 0.717) is 24.2 Å². The van der Waals surface area contributed by atoms with Crippen LogP contribution in [0.4, 0.5) is 0 Å². The molecule has 0 spiro atoms. The Kier molecular flexibility index (Phi) is 6.91. The second kappa shape index (κ2) is 9.61. The van der Waals surface area contributed by atoms with Gasteiger partial charge in [-0.2, -0.15) is 0 Å². The molecular weight excluding hydrogens is 398 g/mol. The fourth-order valence-corrected chi connectivity index (χ4v) is 3.78. The third-order valence-electron chi connectivity index (χ3n) is 5.56. The fraction of sp³-hybridized carbons (Fsp3) is 0.348. The zero-order valence-corrected chi connectivity index (χ0v) is 17.9. The molecule has 1 fully saturated rings. The summed E-state index contributed by atoms with van der Waals surface area (Å²) in [6.07, 6.45) is 3.01. The van der Waals surface area contributed by atoms with Gasteiger partial charge in [-0.15, -0.1) is 0 Å². The van der Waals surface area contributed by atoms with Gasteiger partial charge >= 0.3 is 0 Å². The van der Waals surface area contributed by atoms with E-state index in [-0.39, 0.29) is 22.8 Å². The number of aliphatic hydroxyl groups is 1. The molecule has 1 amide bonds. The number of methoxy groups -OCH3 is 1. The van der Waals surface area contributed by atoms with Gasteiger partial charge in [0.15, 0.2) is 11.5 Å². The molecule has 2 heterocycles. The molecule has 0 bridgehead atoms. The van der Waals surface area contributed by atoms with Gasteiger partial charge in [-0.05, 0) is 42.9 Å². The number of rotatable bonds is 8. The lowest BCUT2D eigenvalue weighted by molar-refractivity contribution is -0.140. The van der Waals surface area contributed by atoms with Gasteiger partial charge in [0.05, 0.1) is 18.7 Å². The molecule has 1 aliphatic rings. The maximum Gasteiger partial charge on any atom is 0.295 e. The molecular formula is C23H27N3O5. The average Bonchev–Trinajstić information content (AvgIpc) is 3.05. The molecule has 0 radical (unpaired) electrons. The normalized spacial score (nSPS) is 18.1. The van der Waals surface area contributed by atoms with Gasteiger partial charge in [-0.3, -0.25) is 14.6 Å². The number of ether oxygens (including phenoxy) is 1. The van der Waals surface area contributed by atoms with Crippen molar-refractivity contribution >= 4 is 17.4 Å². The van der Waals surface area contributed by atoms with E-state index in [1.807, 2.05) is 13.8 Å². The standard InChI is InChI=1S/C23H27N3O5/c1-4-25(5-2)12-13-26-20(16-6-7-17(27)18(14-16)31-3)19(22(29)23(26)30)21(28)15-8-10-24-11-9-15/h6-11,14,20,27-28H,4-5,12-13H2,1-3H3. The topological polar surface area (TPSA) is 103 Å². The van der Waals surface area contributed by atoms with Crippen molar-refractivity contribution in [3.63, 3.8) is 0 Å². The van der Waals surface area contributed by atoms with Crippen LogP contribution in [0.2, 0.25) is 0 Å². The van der Waals surface area contributed by atoms with Crippen LogP contribution >= 0.6 is 0 Å². The number of aliphatic hydroxyl groups excluding tert-OH is 1. The number of amides is 1. The summed E-state index contributed by atoms with van der Waals surface area (Å²) >= 11 is 0. The lowest BCUT2D eigenvalue weighted by Crippen LogP contribution is -2.38. The van der Waals surface area contributed by atoms with Crippen LogP contribution in [0.5, 0.6) is 11.5 Å². The minimum absolute atomic E-state index is 0.00323. The van der Waals surface area contributed by atoms with E-state index in [1.165, 1.54) is 30.5 Å². The molecule has 0 aliphatic carbocycles. The molecule has 1 aromatic heterocycles. The smallest absolute Gasteiger partial charge is 0.295 e. The zero-order valence-electron chi connectivity index (χ0n) is 17.9. The summed E-state index contributed by atoms with van der Waals surface area (Å²) in [6.45, 7) is 6.59. The summed E-state index contributed by atoms with van der Waals surface area (Å²) < 4.78 is 5.21. The summed E-state index contributed by atoms with van der Waals surface area (Å²) in [6, 6.07) is 7.00.